The molecule has 1 aromatic heterocycles. The van der Waals surface area contributed by atoms with Crippen molar-refractivity contribution < 1.29 is 4.79 Å². The van der Waals surface area contributed by atoms with Crippen molar-refractivity contribution in [2.75, 3.05) is 13.6 Å². The van der Waals surface area contributed by atoms with Gasteiger partial charge < -0.3 is 15.6 Å². The van der Waals surface area contributed by atoms with E-state index in [1.807, 2.05) is 0 Å². The van der Waals surface area contributed by atoms with Crippen molar-refractivity contribution in [1.82, 2.24) is 14.9 Å². The fourth-order valence-electron chi connectivity index (χ4n) is 1.74. The number of H-pyrrole nitrogens is 1. The molecule has 0 radical (unpaired) electrons. The Balaban J connectivity index is 1.96. The minimum absolute atomic E-state index is 0.140. The van der Waals surface area contributed by atoms with Gasteiger partial charge in [-0.05, 0) is 12.8 Å². The molecule has 1 aromatic rings. The van der Waals surface area contributed by atoms with Crippen LogP contribution >= 0.6 is 0 Å². The molecule has 15 heavy (non-hydrogen) atoms. The first-order valence-electron chi connectivity index (χ1n) is 5.12. The molecular weight excluding hydrogens is 192 g/mol. The third-order valence-corrected chi connectivity index (χ3v) is 2.99. The van der Waals surface area contributed by atoms with E-state index in [-0.39, 0.29) is 11.3 Å². The van der Waals surface area contributed by atoms with Gasteiger partial charge in [-0.15, -0.1) is 0 Å². The zero-order valence-corrected chi connectivity index (χ0v) is 8.86. The van der Waals surface area contributed by atoms with Crippen LogP contribution in [0.2, 0.25) is 0 Å². The van der Waals surface area contributed by atoms with E-state index >= 15 is 0 Å². The minimum Gasteiger partial charge on any atom is -0.347 e. The molecule has 0 aliphatic heterocycles. The first-order valence-corrected chi connectivity index (χ1v) is 5.12. The summed E-state index contributed by atoms with van der Waals surface area (Å²) in [5.41, 5.74) is 5.35. The summed E-state index contributed by atoms with van der Waals surface area (Å²) >= 11 is 0. The summed E-state index contributed by atoms with van der Waals surface area (Å²) < 4.78 is 0. The zero-order chi connectivity index (χ0) is 10.9. The van der Waals surface area contributed by atoms with E-state index in [1.54, 1.807) is 24.3 Å². The Labute approximate surface area is 88.7 Å². The summed E-state index contributed by atoms with van der Waals surface area (Å²) in [5.74, 6) is 0.945. The van der Waals surface area contributed by atoms with Crippen LogP contribution in [-0.2, 0) is 11.3 Å². The van der Waals surface area contributed by atoms with Crippen LogP contribution in [0.15, 0.2) is 12.4 Å². The molecule has 1 amide bonds. The fraction of sp³-hybridized carbons (Fsp3) is 0.600. The fourth-order valence-corrected chi connectivity index (χ4v) is 1.74. The molecule has 1 aliphatic carbocycles. The van der Waals surface area contributed by atoms with E-state index in [1.165, 1.54) is 0 Å². The lowest BCUT2D eigenvalue weighted by Crippen LogP contribution is -2.37. The molecule has 5 heteroatoms. The maximum absolute atomic E-state index is 12.0. The van der Waals surface area contributed by atoms with E-state index in [0.29, 0.717) is 13.1 Å². The summed E-state index contributed by atoms with van der Waals surface area (Å²) in [6.07, 6.45) is 5.28. The predicted molar refractivity (Wildman–Crippen MR) is 55.8 cm³/mol. The molecular formula is C10H16N4O. The summed E-state index contributed by atoms with van der Waals surface area (Å²) in [5, 5.41) is 0. The van der Waals surface area contributed by atoms with Crippen molar-refractivity contribution in [3.05, 3.63) is 18.2 Å². The van der Waals surface area contributed by atoms with Crippen molar-refractivity contribution >= 4 is 5.91 Å². The van der Waals surface area contributed by atoms with Crippen LogP contribution < -0.4 is 5.73 Å². The van der Waals surface area contributed by atoms with Gasteiger partial charge in [-0.25, -0.2) is 4.98 Å². The van der Waals surface area contributed by atoms with Crippen molar-refractivity contribution in [3.63, 3.8) is 0 Å². The molecule has 0 saturated heterocycles. The predicted octanol–water partition coefficient (Wildman–Crippen LogP) is 0.107. The molecule has 0 aromatic carbocycles. The summed E-state index contributed by atoms with van der Waals surface area (Å²) in [7, 11) is 1.79. The van der Waals surface area contributed by atoms with Gasteiger partial charge in [0.1, 0.15) is 5.82 Å². The second kappa shape index (κ2) is 3.66. The lowest BCUT2D eigenvalue weighted by atomic mass is 10.1. The normalized spacial score (nSPS) is 17.5. The first kappa shape index (κ1) is 10.2. The second-order valence-corrected chi connectivity index (χ2v) is 4.18. The van der Waals surface area contributed by atoms with E-state index < -0.39 is 0 Å². The monoisotopic (exact) mass is 208 g/mol. The highest BCUT2D eigenvalue weighted by atomic mass is 16.2. The van der Waals surface area contributed by atoms with Crippen LogP contribution in [0.3, 0.4) is 0 Å². The van der Waals surface area contributed by atoms with Gasteiger partial charge in [0.05, 0.1) is 12.0 Å². The topological polar surface area (TPSA) is 75.0 Å². The average Bonchev–Trinajstić information content (AvgIpc) is 2.89. The Morgan fingerprint density at radius 3 is 2.93 bits per heavy atom. The highest BCUT2D eigenvalue weighted by Crippen LogP contribution is 2.45. The second-order valence-electron chi connectivity index (χ2n) is 4.18. The van der Waals surface area contributed by atoms with Crippen LogP contribution in [0.25, 0.3) is 0 Å². The number of carbonyl (C=O) groups excluding carboxylic acids is 1. The zero-order valence-electron chi connectivity index (χ0n) is 8.86. The van der Waals surface area contributed by atoms with E-state index in [4.69, 9.17) is 5.73 Å². The molecule has 0 unspecified atom stereocenters. The maximum Gasteiger partial charge on any atom is 0.230 e. The van der Waals surface area contributed by atoms with Crippen molar-refractivity contribution in [1.29, 1.82) is 0 Å². The highest BCUT2D eigenvalue weighted by molar-refractivity contribution is 5.85. The van der Waals surface area contributed by atoms with E-state index in [2.05, 4.69) is 9.97 Å². The van der Waals surface area contributed by atoms with Gasteiger partial charge >= 0.3 is 0 Å². The Kier molecular flexibility index (Phi) is 2.48. The van der Waals surface area contributed by atoms with Gasteiger partial charge in [0, 0.05) is 26.0 Å². The molecule has 0 spiro atoms. The van der Waals surface area contributed by atoms with Crippen LogP contribution in [0.1, 0.15) is 18.7 Å². The third-order valence-electron chi connectivity index (χ3n) is 2.99. The standard InChI is InChI=1S/C10H16N4O/c1-14(6-8-12-4-5-13-8)9(15)10(7-11)2-3-10/h4-5H,2-3,6-7,11H2,1H3,(H,12,13). The molecule has 3 N–H and O–H groups in total. The molecule has 1 saturated carbocycles. The van der Waals surface area contributed by atoms with Gasteiger partial charge in [0.2, 0.25) is 5.91 Å². The Bertz CT molecular complexity index is 342. The highest BCUT2D eigenvalue weighted by Gasteiger charge is 2.49. The number of aromatic amines is 1. The number of amides is 1. The third kappa shape index (κ3) is 1.87. The number of hydrogen-bond acceptors (Lipinski definition) is 3. The van der Waals surface area contributed by atoms with Gasteiger partial charge in [0.15, 0.2) is 0 Å². The largest absolute Gasteiger partial charge is 0.347 e. The molecule has 0 atom stereocenters. The van der Waals surface area contributed by atoms with Crippen molar-refractivity contribution in [3.8, 4) is 0 Å². The van der Waals surface area contributed by atoms with E-state index in [9.17, 15) is 4.79 Å². The smallest absolute Gasteiger partial charge is 0.230 e. The van der Waals surface area contributed by atoms with E-state index in [0.717, 1.165) is 18.7 Å². The number of aromatic nitrogens is 2. The van der Waals surface area contributed by atoms with Crippen LogP contribution in [0.5, 0.6) is 0 Å². The number of rotatable bonds is 4. The number of nitrogens with zero attached hydrogens (tertiary/aromatic N) is 2. The number of nitrogens with two attached hydrogens (primary N) is 1. The molecule has 82 valence electrons. The molecule has 5 nitrogen and oxygen atoms in total. The quantitative estimate of drug-likeness (QED) is 0.737. The van der Waals surface area contributed by atoms with Crippen LogP contribution in [0, 0.1) is 5.41 Å². The Morgan fingerprint density at radius 2 is 2.47 bits per heavy atom. The van der Waals surface area contributed by atoms with Gasteiger partial charge in [-0.2, -0.15) is 0 Å². The SMILES string of the molecule is CN(Cc1ncc[nH]1)C(=O)C1(CN)CC1. The number of hydrogen-bond donors (Lipinski definition) is 2. The van der Waals surface area contributed by atoms with Gasteiger partial charge in [-0.1, -0.05) is 0 Å². The molecule has 1 fully saturated rings. The number of nitrogens with one attached hydrogen (secondary N) is 1. The average molecular weight is 208 g/mol. The minimum atomic E-state index is -0.263. The maximum atomic E-state index is 12.0. The number of imidazole rings is 1. The molecule has 1 aliphatic rings. The molecule has 2 rings (SSSR count). The Hall–Kier alpha value is -1.36. The summed E-state index contributed by atoms with van der Waals surface area (Å²) in [6, 6.07) is 0. The summed E-state index contributed by atoms with van der Waals surface area (Å²) in [4.78, 5) is 20.7. The van der Waals surface area contributed by atoms with Crippen LogP contribution in [0.4, 0.5) is 0 Å². The Morgan fingerprint density at radius 1 is 1.73 bits per heavy atom. The molecule has 0 bridgehead atoms. The van der Waals surface area contributed by atoms with Crippen molar-refractivity contribution in [2.24, 2.45) is 11.1 Å². The van der Waals surface area contributed by atoms with Crippen LogP contribution in [-0.4, -0.2) is 34.4 Å². The van der Waals surface area contributed by atoms with Gasteiger partial charge in [0.25, 0.3) is 0 Å². The van der Waals surface area contributed by atoms with Gasteiger partial charge in [-0.3, -0.25) is 4.79 Å². The first-order chi connectivity index (χ1) is 7.18. The summed E-state index contributed by atoms with van der Waals surface area (Å²) in [6.45, 7) is 0.974. The molecule has 1 heterocycles. The lowest BCUT2D eigenvalue weighted by Gasteiger charge is -2.21. The number of carbonyl (C=O) groups is 1. The lowest BCUT2D eigenvalue weighted by molar-refractivity contribution is -0.135. The van der Waals surface area contributed by atoms with Crippen molar-refractivity contribution in [2.45, 2.75) is 19.4 Å².